The van der Waals surface area contributed by atoms with Crippen LogP contribution in [0.3, 0.4) is 0 Å². The van der Waals surface area contributed by atoms with Gasteiger partial charge in [0.15, 0.2) is 0 Å². The molecule has 0 radical (unpaired) electrons. The molecule has 0 aliphatic heterocycles. The summed E-state index contributed by atoms with van der Waals surface area (Å²) in [5.74, 6) is 0.300. The smallest absolute Gasteiger partial charge is 0.407 e. The number of nitrogens with one attached hydrogen (secondary N) is 2. The number of alkyl carbamates (subject to hydrolysis) is 1. The molecular formula is C27H30ClN3O4. The molecule has 35 heavy (non-hydrogen) atoms. The molecule has 3 aromatic rings. The quantitative estimate of drug-likeness (QED) is 0.440. The molecule has 2 aromatic carbocycles. The number of amides is 2. The van der Waals surface area contributed by atoms with E-state index in [4.69, 9.17) is 21.1 Å². The largest absolute Gasteiger partial charge is 0.495 e. The summed E-state index contributed by atoms with van der Waals surface area (Å²) in [6, 6.07) is 14.7. The van der Waals surface area contributed by atoms with Crippen LogP contribution in [0.15, 0.2) is 54.7 Å². The average molecular weight is 496 g/mol. The molecule has 7 nitrogen and oxygen atoms in total. The number of aromatic nitrogens is 1. The van der Waals surface area contributed by atoms with Crippen molar-refractivity contribution in [3.8, 4) is 16.9 Å². The molecule has 0 fully saturated rings. The highest BCUT2D eigenvalue weighted by Crippen LogP contribution is 2.26. The number of rotatable bonds is 7. The van der Waals surface area contributed by atoms with E-state index in [9.17, 15) is 9.59 Å². The van der Waals surface area contributed by atoms with Gasteiger partial charge in [-0.1, -0.05) is 17.7 Å². The third-order valence-electron chi connectivity index (χ3n) is 4.99. The topological polar surface area (TPSA) is 89.6 Å². The summed E-state index contributed by atoms with van der Waals surface area (Å²) in [4.78, 5) is 29.5. The fraction of sp³-hybridized carbons (Fsp3) is 0.296. The van der Waals surface area contributed by atoms with E-state index >= 15 is 0 Å². The molecule has 2 N–H and O–H groups in total. The fourth-order valence-electron chi connectivity index (χ4n) is 3.40. The number of carbonyl (C=O) groups excluding carboxylic acids is 2. The number of aryl methyl sites for hydroxylation is 1. The number of hydrogen-bond acceptors (Lipinski definition) is 5. The molecule has 0 saturated heterocycles. The zero-order chi connectivity index (χ0) is 25.6. The molecular weight excluding hydrogens is 466 g/mol. The van der Waals surface area contributed by atoms with E-state index in [1.54, 1.807) is 52.3 Å². The molecule has 0 aliphatic carbocycles. The number of carbonyl (C=O) groups is 2. The number of methoxy groups -OCH3 is 1. The van der Waals surface area contributed by atoms with Gasteiger partial charge in [0.05, 0.1) is 12.1 Å². The Kier molecular flexibility index (Phi) is 8.35. The highest BCUT2D eigenvalue weighted by molar-refractivity contribution is 6.32. The van der Waals surface area contributed by atoms with Crippen molar-refractivity contribution in [1.82, 2.24) is 15.6 Å². The van der Waals surface area contributed by atoms with Crippen molar-refractivity contribution in [3.63, 3.8) is 0 Å². The maximum Gasteiger partial charge on any atom is 0.407 e. The Morgan fingerprint density at radius 2 is 1.69 bits per heavy atom. The maximum atomic E-state index is 13.1. The van der Waals surface area contributed by atoms with Gasteiger partial charge < -0.3 is 20.1 Å². The van der Waals surface area contributed by atoms with Crippen molar-refractivity contribution < 1.29 is 19.1 Å². The second-order valence-electron chi connectivity index (χ2n) is 9.11. The van der Waals surface area contributed by atoms with Gasteiger partial charge in [-0.25, -0.2) is 4.79 Å². The summed E-state index contributed by atoms with van der Waals surface area (Å²) in [6.07, 6.45) is 1.20. The van der Waals surface area contributed by atoms with Gasteiger partial charge in [0.2, 0.25) is 0 Å². The Morgan fingerprint density at radius 1 is 0.943 bits per heavy atom. The van der Waals surface area contributed by atoms with Crippen LogP contribution in [0.1, 0.15) is 48.0 Å². The Balaban J connectivity index is 1.83. The molecule has 0 saturated carbocycles. The Hall–Kier alpha value is -3.58. The van der Waals surface area contributed by atoms with Crippen molar-refractivity contribution >= 4 is 23.6 Å². The Morgan fingerprint density at radius 3 is 2.37 bits per heavy atom. The number of benzene rings is 2. The van der Waals surface area contributed by atoms with E-state index in [2.05, 4.69) is 15.6 Å². The number of nitrogens with zero attached hydrogens (tertiary/aromatic N) is 1. The standard InChI is InChI=1S/C27H30ClN3O4/c1-17-10-20(8-9-29-17)21-11-19(16-31-26(33)35-27(2,3)4)12-22(14-21)25(32)30-15-18-6-7-23(28)24(13-18)34-5/h6-14H,15-16H2,1-5H3,(H,30,32)(H,31,33). The minimum atomic E-state index is -0.601. The fourth-order valence-corrected chi connectivity index (χ4v) is 3.60. The van der Waals surface area contributed by atoms with Crippen molar-refractivity contribution in [2.75, 3.05) is 7.11 Å². The van der Waals surface area contributed by atoms with E-state index in [1.807, 2.05) is 37.3 Å². The normalized spacial score (nSPS) is 11.0. The third kappa shape index (κ3) is 7.72. The van der Waals surface area contributed by atoms with Crippen LogP contribution in [0.2, 0.25) is 5.02 Å². The van der Waals surface area contributed by atoms with Crippen molar-refractivity contribution in [2.24, 2.45) is 0 Å². The zero-order valence-corrected chi connectivity index (χ0v) is 21.3. The Bertz CT molecular complexity index is 1220. The van der Waals surface area contributed by atoms with Gasteiger partial charge >= 0.3 is 6.09 Å². The number of ether oxygens (including phenoxy) is 2. The lowest BCUT2D eigenvalue weighted by atomic mass is 9.99. The van der Waals surface area contributed by atoms with Gasteiger partial charge in [-0.15, -0.1) is 0 Å². The Labute approximate surface area is 210 Å². The summed E-state index contributed by atoms with van der Waals surface area (Å²) < 4.78 is 10.6. The molecule has 0 atom stereocenters. The summed E-state index contributed by atoms with van der Waals surface area (Å²) in [7, 11) is 1.54. The van der Waals surface area contributed by atoms with Crippen LogP contribution < -0.4 is 15.4 Å². The van der Waals surface area contributed by atoms with Gasteiger partial charge in [0, 0.05) is 30.5 Å². The van der Waals surface area contributed by atoms with Gasteiger partial charge in [0.1, 0.15) is 11.4 Å². The second-order valence-corrected chi connectivity index (χ2v) is 9.52. The van der Waals surface area contributed by atoms with Gasteiger partial charge in [0.25, 0.3) is 5.91 Å². The second kappa shape index (κ2) is 11.2. The van der Waals surface area contributed by atoms with E-state index in [0.717, 1.165) is 27.9 Å². The molecule has 0 aliphatic rings. The first-order chi connectivity index (χ1) is 16.5. The van der Waals surface area contributed by atoms with Crippen molar-refractivity contribution in [2.45, 2.75) is 46.4 Å². The first-order valence-corrected chi connectivity index (χ1v) is 11.6. The maximum absolute atomic E-state index is 13.1. The molecule has 184 valence electrons. The van der Waals surface area contributed by atoms with E-state index in [-0.39, 0.29) is 12.5 Å². The van der Waals surface area contributed by atoms with Crippen LogP contribution in [-0.2, 0) is 17.8 Å². The lowest BCUT2D eigenvalue weighted by Gasteiger charge is -2.20. The molecule has 0 unspecified atom stereocenters. The van der Waals surface area contributed by atoms with Crippen LogP contribution in [0.4, 0.5) is 4.79 Å². The molecule has 2 amide bonds. The van der Waals surface area contributed by atoms with Crippen molar-refractivity contribution in [3.05, 3.63) is 82.1 Å². The molecule has 3 rings (SSSR count). The summed E-state index contributed by atoms with van der Waals surface area (Å²) in [5.41, 5.74) is 4.12. The van der Waals surface area contributed by atoms with Crippen LogP contribution in [0.25, 0.3) is 11.1 Å². The molecule has 0 spiro atoms. The zero-order valence-electron chi connectivity index (χ0n) is 20.6. The lowest BCUT2D eigenvalue weighted by Crippen LogP contribution is -2.32. The monoisotopic (exact) mass is 495 g/mol. The van der Waals surface area contributed by atoms with Crippen molar-refractivity contribution in [1.29, 1.82) is 0 Å². The first-order valence-electron chi connectivity index (χ1n) is 11.2. The minimum Gasteiger partial charge on any atom is -0.495 e. The molecule has 1 heterocycles. The van der Waals surface area contributed by atoms with Crippen LogP contribution in [0, 0.1) is 6.92 Å². The highest BCUT2D eigenvalue weighted by Gasteiger charge is 2.17. The van der Waals surface area contributed by atoms with Gasteiger partial charge in [-0.05, 0) is 92.4 Å². The van der Waals surface area contributed by atoms with Crippen LogP contribution in [-0.4, -0.2) is 29.7 Å². The lowest BCUT2D eigenvalue weighted by molar-refractivity contribution is 0.0523. The third-order valence-corrected chi connectivity index (χ3v) is 5.30. The summed E-state index contributed by atoms with van der Waals surface area (Å²) in [5, 5.41) is 6.20. The van der Waals surface area contributed by atoms with Crippen LogP contribution in [0.5, 0.6) is 5.75 Å². The van der Waals surface area contributed by atoms with E-state index < -0.39 is 11.7 Å². The predicted octanol–water partition coefficient (Wildman–Crippen LogP) is 5.67. The van der Waals surface area contributed by atoms with Gasteiger partial charge in [-0.3, -0.25) is 9.78 Å². The molecule has 1 aromatic heterocycles. The summed E-state index contributed by atoms with van der Waals surface area (Å²) >= 11 is 6.09. The molecule has 8 heteroatoms. The van der Waals surface area contributed by atoms with Gasteiger partial charge in [-0.2, -0.15) is 0 Å². The summed E-state index contributed by atoms with van der Waals surface area (Å²) in [6.45, 7) is 7.83. The van der Waals surface area contributed by atoms with E-state index in [1.165, 1.54) is 0 Å². The van der Waals surface area contributed by atoms with Crippen LogP contribution >= 0.6 is 11.6 Å². The highest BCUT2D eigenvalue weighted by atomic mass is 35.5. The minimum absolute atomic E-state index is 0.210. The number of pyridine rings is 1. The number of hydrogen-bond donors (Lipinski definition) is 2. The SMILES string of the molecule is COc1cc(CNC(=O)c2cc(CNC(=O)OC(C)(C)C)cc(-c3ccnc(C)c3)c2)ccc1Cl. The number of halogens is 1. The molecule has 0 bridgehead atoms. The first kappa shape index (κ1) is 26.0. The van der Waals surface area contributed by atoms with E-state index in [0.29, 0.717) is 22.9 Å². The predicted molar refractivity (Wildman–Crippen MR) is 137 cm³/mol. The average Bonchev–Trinajstić information content (AvgIpc) is 2.80.